The highest BCUT2D eigenvalue weighted by atomic mass is 32.2. The van der Waals surface area contributed by atoms with Crippen molar-refractivity contribution in [2.45, 2.75) is 32.2 Å². The van der Waals surface area contributed by atoms with Crippen molar-refractivity contribution in [2.75, 3.05) is 6.54 Å². The summed E-state index contributed by atoms with van der Waals surface area (Å²) < 4.78 is 27.5. The fourth-order valence-electron chi connectivity index (χ4n) is 1.69. The van der Waals surface area contributed by atoms with E-state index in [-0.39, 0.29) is 12.0 Å². The van der Waals surface area contributed by atoms with E-state index in [1.54, 1.807) is 6.92 Å². The maximum absolute atomic E-state index is 11.3. The highest BCUT2D eigenvalue weighted by molar-refractivity contribution is 7.87. The molecule has 2 N–H and O–H groups in total. The van der Waals surface area contributed by atoms with Crippen molar-refractivity contribution in [3.8, 4) is 6.07 Å². The molecule has 0 amide bonds. The molecular weight excluding hydrogens is 202 g/mol. The van der Waals surface area contributed by atoms with Gasteiger partial charge in [-0.15, -0.1) is 0 Å². The van der Waals surface area contributed by atoms with E-state index in [0.717, 1.165) is 19.3 Å². The highest BCUT2D eigenvalue weighted by Gasteiger charge is 2.30. The number of nitrogens with one attached hydrogen (secondary N) is 2. The van der Waals surface area contributed by atoms with E-state index >= 15 is 0 Å². The lowest BCUT2D eigenvalue weighted by Crippen LogP contribution is -2.43. The number of rotatable bonds is 4. The molecule has 5 nitrogen and oxygen atoms in total. The second-order valence-electron chi connectivity index (χ2n) is 3.39. The van der Waals surface area contributed by atoms with Gasteiger partial charge in [-0.1, -0.05) is 13.3 Å². The Hall–Kier alpha value is -0.640. The Morgan fingerprint density at radius 1 is 1.50 bits per heavy atom. The van der Waals surface area contributed by atoms with Gasteiger partial charge >= 0.3 is 0 Å². The van der Waals surface area contributed by atoms with Crippen LogP contribution >= 0.6 is 0 Å². The molecular formula is C8H15N3O2S. The first kappa shape index (κ1) is 11.4. The van der Waals surface area contributed by atoms with Crippen molar-refractivity contribution in [3.05, 3.63) is 0 Å². The van der Waals surface area contributed by atoms with E-state index in [2.05, 4.69) is 15.5 Å². The van der Waals surface area contributed by atoms with Crippen LogP contribution in [0.5, 0.6) is 0 Å². The third kappa shape index (κ3) is 2.94. The molecule has 1 aliphatic carbocycles. The number of hydrogen-bond donors (Lipinski definition) is 2. The molecule has 1 rings (SSSR count). The Bertz CT molecular complexity index is 320. The van der Waals surface area contributed by atoms with Crippen LogP contribution in [0, 0.1) is 17.2 Å². The molecule has 0 radical (unpaired) electrons. The maximum Gasteiger partial charge on any atom is 0.277 e. The molecule has 1 saturated carbocycles. The molecule has 0 heterocycles. The summed E-state index contributed by atoms with van der Waals surface area (Å²) in [7, 11) is -3.41. The second-order valence-corrected chi connectivity index (χ2v) is 4.92. The minimum absolute atomic E-state index is 0.177. The molecule has 0 aromatic rings. The summed E-state index contributed by atoms with van der Waals surface area (Å²) in [6, 6.07) is 1.91. The van der Waals surface area contributed by atoms with Gasteiger partial charge in [-0.05, 0) is 12.8 Å². The van der Waals surface area contributed by atoms with E-state index in [0.29, 0.717) is 6.54 Å². The number of nitrogens with zero attached hydrogens (tertiary/aromatic N) is 1. The van der Waals surface area contributed by atoms with Gasteiger partial charge in [0.15, 0.2) is 0 Å². The zero-order chi connectivity index (χ0) is 10.6. The summed E-state index contributed by atoms with van der Waals surface area (Å²) in [5.74, 6) is -0.177. The van der Waals surface area contributed by atoms with Crippen LogP contribution in [0.3, 0.4) is 0 Å². The van der Waals surface area contributed by atoms with Crippen LogP contribution in [0.15, 0.2) is 0 Å². The average Bonchev–Trinajstić information content (AvgIpc) is 2.50. The molecule has 1 aliphatic rings. The molecule has 0 aliphatic heterocycles. The van der Waals surface area contributed by atoms with Crippen molar-refractivity contribution in [1.82, 2.24) is 9.44 Å². The zero-order valence-electron chi connectivity index (χ0n) is 8.16. The van der Waals surface area contributed by atoms with Crippen molar-refractivity contribution < 1.29 is 8.42 Å². The van der Waals surface area contributed by atoms with Gasteiger partial charge in [0.1, 0.15) is 0 Å². The van der Waals surface area contributed by atoms with E-state index < -0.39 is 10.2 Å². The quantitative estimate of drug-likeness (QED) is 0.702. The van der Waals surface area contributed by atoms with Gasteiger partial charge in [-0.2, -0.15) is 18.4 Å². The number of nitriles is 1. The van der Waals surface area contributed by atoms with Gasteiger partial charge in [0.2, 0.25) is 0 Å². The van der Waals surface area contributed by atoms with Crippen LogP contribution in [-0.4, -0.2) is 21.0 Å². The lowest BCUT2D eigenvalue weighted by Gasteiger charge is -2.15. The molecule has 0 saturated heterocycles. The first-order chi connectivity index (χ1) is 6.59. The molecule has 14 heavy (non-hydrogen) atoms. The Morgan fingerprint density at radius 3 is 2.79 bits per heavy atom. The van der Waals surface area contributed by atoms with Crippen molar-refractivity contribution in [2.24, 2.45) is 5.92 Å². The summed E-state index contributed by atoms with van der Waals surface area (Å²) in [4.78, 5) is 0. The topological polar surface area (TPSA) is 82.0 Å². The molecule has 0 bridgehead atoms. The Labute approximate surface area is 84.7 Å². The molecule has 2 unspecified atom stereocenters. The van der Waals surface area contributed by atoms with Crippen molar-refractivity contribution in [1.29, 1.82) is 5.26 Å². The van der Waals surface area contributed by atoms with E-state index in [1.807, 2.05) is 0 Å². The largest absolute Gasteiger partial charge is 0.277 e. The fraction of sp³-hybridized carbons (Fsp3) is 0.875. The average molecular weight is 217 g/mol. The molecule has 2 atom stereocenters. The third-order valence-corrected chi connectivity index (χ3v) is 3.60. The van der Waals surface area contributed by atoms with Gasteiger partial charge in [0.25, 0.3) is 10.2 Å². The van der Waals surface area contributed by atoms with Crippen LogP contribution in [0.25, 0.3) is 0 Å². The third-order valence-electron chi connectivity index (χ3n) is 2.32. The summed E-state index contributed by atoms with van der Waals surface area (Å²) in [6.45, 7) is 2.08. The fourth-order valence-corrected chi connectivity index (χ4v) is 2.83. The predicted octanol–water partition coefficient (Wildman–Crippen LogP) is 0.123. The van der Waals surface area contributed by atoms with Gasteiger partial charge in [-0.3, -0.25) is 0 Å². The number of hydrogen-bond acceptors (Lipinski definition) is 3. The lowest BCUT2D eigenvalue weighted by molar-refractivity contribution is 0.508. The Morgan fingerprint density at radius 2 is 2.21 bits per heavy atom. The van der Waals surface area contributed by atoms with Crippen molar-refractivity contribution >= 4 is 10.2 Å². The molecule has 0 aromatic carbocycles. The summed E-state index contributed by atoms with van der Waals surface area (Å²) in [5.41, 5.74) is 0. The van der Waals surface area contributed by atoms with Gasteiger partial charge in [0, 0.05) is 12.6 Å². The minimum Gasteiger partial charge on any atom is -0.203 e. The Kier molecular flexibility index (Phi) is 3.86. The van der Waals surface area contributed by atoms with E-state index in [4.69, 9.17) is 5.26 Å². The summed E-state index contributed by atoms with van der Waals surface area (Å²) in [6.07, 6.45) is 2.45. The zero-order valence-corrected chi connectivity index (χ0v) is 8.97. The van der Waals surface area contributed by atoms with Gasteiger partial charge < -0.3 is 0 Å². The second kappa shape index (κ2) is 4.73. The molecule has 1 fully saturated rings. The molecule has 0 spiro atoms. The maximum atomic E-state index is 11.3. The first-order valence-electron chi connectivity index (χ1n) is 4.75. The Balaban J connectivity index is 2.56. The normalized spacial score (nSPS) is 27.4. The first-order valence-corrected chi connectivity index (χ1v) is 6.24. The van der Waals surface area contributed by atoms with Crippen LogP contribution in [0.4, 0.5) is 0 Å². The van der Waals surface area contributed by atoms with E-state index in [1.165, 1.54) is 0 Å². The van der Waals surface area contributed by atoms with E-state index in [9.17, 15) is 8.42 Å². The minimum atomic E-state index is -3.41. The lowest BCUT2D eigenvalue weighted by atomic mass is 10.1. The van der Waals surface area contributed by atoms with Gasteiger partial charge in [-0.25, -0.2) is 4.72 Å². The monoisotopic (exact) mass is 217 g/mol. The van der Waals surface area contributed by atoms with Gasteiger partial charge in [0.05, 0.1) is 12.0 Å². The summed E-state index contributed by atoms with van der Waals surface area (Å²) in [5, 5.41) is 8.76. The van der Waals surface area contributed by atoms with Crippen LogP contribution < -0.4 is 9.44 Å². The standard InChI is InChI=1S/C8H15N3O2S/c1-2-10-14(12,13)11-8-5-3-4-7(8)6-9/h7-8,10-11H,2-5H2,1H3. The predicted molar refractivity (Wildman–Crippen MR) is 52.5 cm³/mol. The van der Waals surface area contributed by atoms with Crippen LogP contribution in [0.1, 0.15) is 26.2 Å². The smallest absolute Gasteiger partial charge is 0.203 e. The van der Waals surface area contributed by atoms with Crippen LogP contribution in [-0.2, 0) is 10.2 Å². The molecule has 0 aromatic heterocycles. The van der Waals surface area contributed by atoms with Crippen LogP contribution in [0.2, 0.25) is 0 Å². The highest BCUT2D eigenvalue weighted by Crippen LogP contribution is 2.25. The molecule has 6 heteroatoms. The molecule has 80 valence electrons. The van der Waals surface area contributed by atoms with Crippen molar-refractivity contribution in [3.63, 3.8) is 0 Å². The SMILES string of the molecule is CCNS(=O)(=O)NC1CCCC1C#N. The summed E-state index contributed by atoms with van der Waals surface area (Å²) >= 11 is 0.